The molecule has 1 aromatic carbocycles. The fraction of sp³-hybridized carbons (Fsp3) is 0.286. The molecule has 2 rings (SSSR count). The number of hydrogen-bond donors (Lipinski definition) is 0. The van der Waals surface area contributed by atoms with Crippen LogP contribution in [0.5, 0.6) is 0 Å². The van der Waals surface area contributed by atoms with Crippen molar-refractivity contribution in [2.24, 2.45) is 0 Å². The van der Waals surface area contributed by atoms with E-state index in [1.165, 1.54) is 0 Å². The van der Waals surface area contributed by atoms with Crippen LogP contribution < -0.4 is 0 Å². The lowest BCUT2D eigenvalue weighted by Crippen LogP contribution is -2.20. The highest BCUT2D eigenvalue weighted by atomic mass is 16.5. The summed E-state index contributed by atoms with van der Waals surface area (Å²) in [6.07, 6.45) is 5.81. The zero-order valence-corrected chi connectivity index (χ0v) is 9.21. The zero-order valence-electron chi connectivity index (χ0n) is 9.21. The smallest absolute Gasteiger partial charge is 0.113 e. The largest absolute Gasteiger partial charge is 0.367 e. The van der Waals surface area contributed by atoms with Crippen LogP contribution in [0.3, 0.4) is 0 Å². The van der Waals surface area contributed by atoms with Crippen molar-refractivity contribution in [1.29, 1.82) is 0 Å². The second-order valence-corrected chi connectivity index (χ2v) is 3.68. The third-order valence-electron chi connectivity index (χ3n) is 2.53. The van der Waals surface area contributed by atoms with Crippen molar-refractivity contribution >= 4 is 0 Å². The molecule has 16 heavy (non-hydrogen) atoms. The molecule has 84 valence electrons. The van der Waals surface area contributed by atoms with Crippen LogP contribution in [0.25, 0.3) is 0 Å². The van der Waals surface area contributed by atoms with E-state index in [2.05, 4.69) is 24.8 Å². The minimum absolute atomic E-state index is 0.0161. The molecule has 0 fully saturated rings. The van der Waals surface area contributed by atoms with Gasteiger partial charge >= 0.3 is 0 Å². The van der Waals surface area contributed by atoms with Crippen LogP contribution in [0, 0.1) is 0 Å². The topological polar surface area (TPSA) is 18.5 Å². The molecule has 2 nitrogen and oxygen atoms in total. The van der Waals surface area contributed by atoms with E-state index in [1.807, 2.05) is 24.3 Å². The molecule has 2 atom stereocenters. The minimum Gasteiger partial charge on any atom is -0.367 e. The van der Waals surface area contributed by atoms with Gasteiger partial charge in [-0.05, 0) is 5.56 Å². The first-order chi connectivity index (χ1) is 7.92. The van der Waals surface area contributed by atoms with E-state index in [-0.39, 0.29) is 12.2 Å². The summed E-state index contributed by atoms with van der Waals surface area (Å²) in [5.74, 6) is 0. The Kier molecular flexibility index (Phi) is 3.91. The summed E-state index contributed by atoms with van der Waals surface area (Å²) in [4.78, 5) is 0. The molecule has 1 aliphatic heterocycles. The monoisotopic (exact) mass is 216 g/mol. The van der Waals surface area contributed by atoms with Gasteiger partial charge in [0.05, 0.1) is 13.2 Å². The molecule has 0 aliphatic carbocycles. The predicted molar refractivity (Wildman–Crippen MR) is 64.2 cm³/mol. The molecule has 1 aromatic rings. The highest BCUT2D eigenvalue weighted by Crippen LogP contribution is 2.26. The summed E-state index contributed by atoms with van der Waals surface area (Å²) in [5.41, 5.74) is 1.14. The molecule has 0 N–H and O–H groups in total. The van der Waals surface area contributed by atoms with E-state index in [0.29, 0.717) is 13.2 Å². The first-order valence-electron chi connectivity index (χ1n) is 5.47. The van der Waals surface area contributed by atoms with Crippen molar-refractivity contribution in [3.63, 3.8) is 0 Å². The molecular formula is C14H16O2. The Morgan fingerprint density at radius 3 is 2.88 bits per heavy atom. The quantitative estimate of drug-likeness (QED) is 0.705. The van der Waals surface area contributed by atoms with E-state index in [4.69, 9.17) is 9.47 Å². The lowest BCUT2D eigenvalue weighted by molar-refractivity contribution is -0.0286. The Hall–Kier alpha value is -1.38. The van der Waals surface area contributed by atoms with Gasteiger partial charge in [0.2, 0.25) is 0 Å². The number of hydrogen-bond acceptors (Lipinski definition) is 2. The first-order valence-corrected chi connectivity index (χ1v) is 5.47. The Bertz CT molecular complexity index is 356. The lowest BCUT2D eigenvalue weighted by Gasteiger charge is -2.22. The van der Waals surface area contributed by atoms with Gasteiger partial charge in [0.1, 0.15) is 12.2 Å². The van der Waals surface area contributed by atoms with Crippen molar-refractivity contribution in [2.45, 2.75) is 12.2 Å². The van der Waals surface area contributed by atoms with Gasteiger partial charge in [-0.3, -0.25) is 0 Å². The first kappa shape index (κ1) is 11.1. The molecular weight excluding hydrogens is 200 g/mol. The highest BCUT2D eigenvalue weighted by molar-refractivity contribution is 5.21. The lowest BCUT2D eigenvalue weighted by atomic mass is 10.0. The summed E-state index contributed by atoms with van der Waals surface area (Å²) in [6, 6.07) is 10.1. The fourth-order valence-electron chi connectivity index (χ4n) is 1.80. The van der Waals surface area contributed by atoms with E-state index >= 15 is 0 Å². The Morgan fingerprint density at radius 2 is 2.25 bits per heavy atom. The van der Waals surface area contributed by atoms with Gasteiger partial charge in [-0.2, -0.15) is 0 Å². The summed E-state index contributed by atoms with van der Waals surface area (Å²) in [5, 5.41) is 0. The Morgan fingerprint density at radius 1 is 1.44 bits per heavy atom. The normalized spacial score (nSPS) is 20.9. The second-order valence-electron chi connectivity index (χ2n) is 3.68. The predicted octanol–water partition coefficient (Wildman–Crippen LogP) is 2.89. The third kappa shape index (κ3) is 2.60. The van der Waals surface area contributed by atoms with Crippen molar-refractivity contribution in [3.05, 3.63) is 60.7 Å². The van der Waals surface area contributed by atoms with Crippen LogP contribution in [0.1, 0.15) is 11.7 Å². The van der Waals surface area contributed by atoms with Gasteiger partial charge in [-0.15, -0.1) is 6.58 Å². The van der Waals surface area contributed by atoms with Crippen molar-refractivity contribution < 1.29 is 9.47 Å². The number of ether oxygens (including phenoxy) is 2. The molecule has 0 amide bonds. The maximum absolute atomic E-state index is 5.77. The molecule has 0 saturated carbocycles. The van der Waals surface area contributed by atoms with Crippen LogP contribution in [-0.2, 0) is 9.47 Å². The van der Waals surface area contributed by atoms with Crippen LogP contribution in [0.15, 0.2) is 55.1 Å². The van der Waals surface area contributed by atoms with Crippen molar-refractivity contribution in [2.75, 3.05) is 13.2 Å². The summed E-state index contributed by atoms with van der Waals surface area (Å²) >= 11 is 0. The zero-order chi connectivity index (χ0) is 11.2. The van der Waals surface area contributed by atoms with Crippen LogP contribution in [0.4, 0.5) is 0 Å². The van der Waals surface area contributed by atoms with E-state index in [9.17, 15) is 0 Å². The van der Waals surface area contributed by atoms with Crippen molar-refractivity contribution in [1.82, 2.24) is 0 Å². The van der Waals surface area contributed by atoms with E-state index in [1.54, 1.807) is 6.08 Å². The van der Waals surface area contributed by atoms with Gasteiger partial charge in [-0.25, -0.2) is 0 Å². The molecule has 2 heteroatoms. The van der Waals surface area contributed by atoms with Gasteiger partial charge in [0.15, 0.2) is 0 Å². The molecule has 0 aromatic heterocycles. The van der Waals surface area contributed by atoms with Gasteiger partial charge < -0.3 is 9.47 Å². The third-order valence-corrected chi connectivity index (χ3v) is 2.53. The van der Waals surface area contributed by atoms with Crippen LogP contribution in [0.2, 0.25) is 0 Å². The van der Waals surface area contributed by atoms with Gasteiger partial charge in [0.25, 0.3) is 0 Å². The minimum atomic E-state index is -0.0436. The SMILES string of the molecule is C=CCO[C@H](c1ccccc1)[C@H]1C=CCO1. The standard InChI is InChI=1S/C14H16O2/c1-2-10-16-14(13-9-6-11-15-13)12-7-4-3-5-8-12/h2-9,13-14H,1,10-11H2/t13-,14-/m1/s1. The summed E-state index contributed by atoms with van der Waals surface area (Å²) in [7, 11) is 0. The molecule has 0 saturated heterocycles. The van der Waals surface area contributed by atoms with Crippen LogP contribution >= 0.6 is 0 Å². The Labute approximate surface area is 96.2 Å². The molecule has 1 heterocycles. The van der Waals surface area contributed by atoms with Crippen molar-refractivity contribution in [3.8, 4) is 0 Å². The molecule has 0 spiro atoms. The van der Waals surface area contributed by atoms with Gasteiger partial charge in [-0.1, -0.05) is 48.6 Å². The maximum Gasteiger partial charge on any atom is 0.113 e. The van der Waals surface area contributed by atoms with Gasteiger partial charge in [0, 0.05) is 0 Å². The summed E-state index contributed by atoms with van der Waals surface area (Å²) < 4.78 is 11.4. The molecule has 0 radical (unpaired) electrons. The van der Waals surface area contributed by atoms with E-state index in [0.717, 1.165) is 5.56 Å². The van der Waals surface area contributed by atoms with E-state index < -0.39 is 0 Å². The number of benzene rings is 1. The molecule has 1 aliphatic rings. The number of rotatable bonds is 5. The molecule has 0 unspecified atom stereocenters. The molecule has 0 bridgehead atoms. The fourth-order valence-corrected chi connectivity index (χ4v) is 1.80. The summed E-state index contributed by atoms with van der Waals surface area (Å²) in [6.45, 7) is 4.88. The second kappa shape index (κ2) is 5.64. The maximum atomic E-state index is 5.77. The van der Waals surface area contributed by atoms with Crippen LogP contribution in [-0.4, -0.2) is 19.3 Å². The Balaban J connectivity index is 2.13. The average molecular weight is 216 g/mol. The average Bonchev–Trinajstić information content (AvgIpc) is 2.85. The highest BCUT2D eigenvalue weighted by Gasteiger charge is 2.24.